The number of aliphatic hydroxyl groups is 1. The van der Waals surface area contributed by atoms with Crippen molar-refractivity contribution in [3.63, 3.8) is 0 Å². The van der Waals surface area contributed by atoms with Crippen LogP contribution in [0.4, 0.5) is 11.6 Å². The lowest BCUT2D eigenvalue weighted by atomic mass is 10.0. The lowest BCUT2D eigenvalue weighted by molar-refractivity contribution is -0.385. The van der Waals surface area contributed by atoms with Crippen LogP contribution >= 0.6 is 15.9 Å². The van der Waals surface area contributed by atoms with Crippen LogP contribution in [0.25, 0.3) is 5.69 Å². The number of nitro groups is 1. The largest absolute Gasteiger partial charge is 0.395 e. The highest BCUT2D eigenvalue weighted by Gasteiger charge is 2.30. The molecule has 3 aromatic rings. The molecule has 4 heterocycles. The minimum Gasteiger partial charge on any atom is -0.395 e. The zero-order chi connectivity index (χ0) is 22.9. The number of nitrogens with zero attached hydrogens (tertiary/aromatic N) is 8. The molecule has 0 atom stereocenters. The average molecular weight is 513 g/mol. The number of piperazine rings is 1. The number of rotatable bonds is 5. The molecule has 1 N–H and O–H groups in total. The fraction of sp³-hybridized carbons (Fsp3) is 0.333. The van der Waals surface area contributed by atoms with Crippen molar-refractivity contribution in [2.24, 2.45) is 4.99 Å². The number of anilines is 1. The highest BCUT2D eigenvalue weighted by Crippen LogP contribution is 2.35. The van der Waals surface area contributed by atoms with Gasteiger partial charge in [-0.15, -0.1) is 10.2 Å². The third kappa shape index (κ3) is 4.01. The van der Waals surface area contributed by atoms with Gasteiger partial charge in [-0.25, -0.2) is 0 Å². The van der Waals surface area contributed by atoms with E-state index in [9.17, 15) is 15.2 Å². The summed E-state index contributed by atoms with van der Waals surface area (Å²) in [5, 5.41) is 29.8. The van der Waals surface area contributed by atoms with Gasteiger partial charge in [0.15, 0.2) is 5.82 Å². The molecule has 1 fully saturated rings. The Kier molecular flexibility index (Phi) is 5.87. The van der Waals surface area contributed by atoms with Crippen LogP contribution in [0.1, 0.15) is 17.1 Å². The maximum absolute atomic E-state index is 11.7. The van der Waals surface area contributed by atoms with Crippen molar-refractivity contribution in [1.82, 2.24) is 24.6 Å². The molecular formula is C21H21BrN8O3. The van der Waals surface area contributed by atoms with Crippen molar-refractivity contribution in [2.45, 2.75) is 6.54 Å². The third-order valence-electron chi connectivity index (χ3n) is 5.83. The molecule has 0 aliphatic carbocycles. The normalized spacial score (nSPS) is 16.1. The Morgan fingerprint density at radius 1 is 1.15 bits per heavy atom. The van der Waals surface area contributed by atoms with Crippen LogP contribution in [0, 0.1) is 10.1 Å². The quantitative estimate of drug-likeness (QED) is 0.405. The summed E-state index contributed by atoms with van der Waals surface area (Å²) in [5.41, 5.74) is 2.58. The predicted molar refractivity (Wildman–Crippen MR) is 125 cm³/mol. The number of pyridine rings is 1. The first-order valence-electron chi connectivity index (χ1n) is 10.5. The van der Waals surface area contributed by atoms with Crippen LogP contribution in [0.5, 0.6) is 0 Å². The van der Waals surface area contributed by atoms with Crippen molar-refractivity contribution < 1.29 is 10.0 Å². The lowest BCUT2D eigenvalue weighted by Gasteiger charge is -2.34. The fourth-order valence-corrected chi connectivity index (χ4v) is 4.68. The van der Waals surface area contributed by atoms with Gasteiger partial charge in [0.25, 0.3) is 5.69 Å². The van der Waals surface area contributed by atoms with E-state index in [0.29, 0.717) is 58.5 Å². The summed E-state index contributed by atoms with van der Waals surface area (Å²) in [4.78, 5) is 24.9. The van der Waals surface area contributed by atoms with E-state index in [1.807, 2.05) is 22.8 Å². The molecule has 11 nitrogen and oxygen atoms in total. The maximum atomic E-state index is 11.7. The molecule has 170 valence electrons. The SMILES string of the molecule is O=[N+]([O-])c1cc2c(cc1Br)C(c1ccccn1)=NCc1nnc(N3CCN(CCO)CC3)n1-2. The standard InChI is InChI=1S/C21H21BrN8O3/c22-15-11-14-17(12-18(15)30(32)33)29-19(13-24-20(14)16-3-1-2-4-23-16)25-26-21(29)28-7-5-27(6-8-28)9-10-31/h1-4,11-12,31H,5-10,13H2. The number of nitro benzene ring substituents is 1. The van der Waals surface area contributed by atoms with Crippen molar-refractivity contribution in [3.8, 4) is 5.69 Å². The number of aliphatic imine (C=N–C) groups is 1. The van der Waals surface area contributed by atoms with Crippen LogP contribution in [0.15, 0.2) is 46.0 Å². The van der Waals surface area contributed by atoms with Gasteiger partial charge in [0.2, 0.25) is 5.95 Å². The monoisotopic (exact) mass is 512 g/mol. The van der Waals surface area contributed by atoms with Crippen molar-refractivity contribution in [3.05, 3.63) is 68.2 Å². The number of aromatic nitrogens is 4. The Morgan fingerprint density at radius 2 is 1.97 bits per heavy atom. The molecule has 0 spiro atoms. The van der Waals surface area contributed by atoms with Crippen molar-refractivity contribution in [1.29, 1.82) is 0 Å². The van der Waals surface area contributed by atoms with E-state index in [4.69, 9.17) is 4.99 Å². The second kappa shape index (κ2) is 8.96. The zero-order valence-corrected chi connectivity index (χ0v) is 19.2. The molecule has 0 bridgehead atoms. The second-order valence-electron chi connectivity index (χ2n) is 7.76. The molecule has 2 aromatic heterocycles. The summed E-state index contributed by atoms with van der Waals surface area (Å²) in [7, 11) is 0. The molecule has 1 saturated heterocycles. The summed E-state index contributed by atoms with van der Waals surface area (Å²) in [6.07, 6.45) is 1.69. The van der Waals surface area contributed by atoms with Gasteiger partial charge in [0, 0.05) is 50.6 Å². The van der Waals surface area contributed by atoms with Gasteiger partial charge in [0.1, 0.15) is 6.54 Å². The molecule has 2 aliphatic heterocycles. The van der Waals surface area contributed by atoms with Gasteiger partial charge < -0.3 is 10.0 Å². The predicted octanol–water partition coefficient (Wildman–Crippen LogP) is 1.80. The summed E-state index contributed by atoms with van der Waals surface area (Å²) in [6.45, 7) is 4.01. The van der Waals surface area contributed by atoms with E-state index in [1.165, 1.54) is 0 Å². The Morgan fingerprint density at radius 3 is 2.67 bits per heavy atom. The molecule has 1 aromatic carbocycles. The topological polar surface area (TPSA) is 126 Å². The van der Waals surface area contributed by atoms with E-state index in [0.717, 1.165) is 13.1 Å². The van der Waals surface area contributed by atoms with E-state index in [2.05, 4.69) is 40.9 Å². The van der Waals surface area contributed by atoms with E-state index in [1.54, 1.807) is 18.3 Å². The minimum absolute atomic E-state index is 0.0469. The third-order valence-corrected chi connectivity index (χ3v) is 6.46. The first kappa shape index (κ1) is 21.6. The van der Waals surface area contributed by atoms with E-state index < -0.39 is 4.92 Å². The van der Waals surface area contributed by atoms with Gasteiger partial charge in [0.05, 0.1) is 33.1 Å². The van der Waals surface area contributed by atoms with Crippen molar-refractivity contribution in [2.75, 3.05) is 44.2 Å². The number of halogens is 1. The summed E-state index contributed by atoms with van der Waals surface area (Å²) in [6, 6.07) is 8.84. The van der Waals surface area contributed by atoms with Crippen LogP contribution in [-0.4, -0.2) is 79.7 Å². The molecule has 33 heavy (non-hydrogen) atoms. The number of aliphatic hydroxyl groups excluding tert-OH is 1. The average Bonchev–Trinajstić information content (AvgIpc) is 3.17. The summed E-state index contributed by atoms with van der Waals surface area (Å²) in [5.74, 6) is 1.23. The number of hydrogen-bond acceptors (Lipinski definition) is 9. The molecule has 0 saturated carbocycles. The van der Waals surface area contributed by atoms with Crippen LogP contribution in [0.3, 0.4) is 0 Å². The van der Waals surface area contributed by atoms with E-state index >= 15 is 0 Å². The highest BCUT2D eigenvalue weighted by molar-refractivity contribution is 9.10. The van der Waals surface area contributed by atoms with Gasteiger partial charge in [-0.1, -0.05) is 6.07 Å². The fourth-order valence-electron chi connectivity index (χ4n) is 4.20. The smallest absolute Gasteiger partial charge is 0.285 e. The Labute approximate surface area is 197 Å². The summed E-state index contributed by atoms with van der Waals surface area (Å²) >= 11 is 3.35. The molecule has 0 unspecified atom stereocenters. The maximum Gasteiger partial charge on any atom is 0.285 e. The minimum atomic E-state index is -0.412. The molecule has 0 amide bonds. The van der Waals surface area contributed by atoms with E-state index in [-0.39, 0.29) is 18.8 Å². The van der Waals surface area contributed by atoms with Crippen LogP contribution in [0.2, 0.25) is 0 Å². The Balaban J connectivity index is 1.64. The zero-order valence-electron chi connectivity index (χ0n) is 17.6. The van der Waals surface area contributed by atoms with Crippen molar-refractivity contribution >= 4 is 33.3 Å². The van der Waals surface area contributed by atoms with Gasteiger partial charge in [-0.05, 0) is 34.1 Å². The molecule has 0 radical (unpaired) electrons. The van der Waals surface area contributed by atoms with Crippen LogP contribution in [-0.2, 0) is 6.54 Å². The Bertz CT molecular complexity index is 1220. The first-order chi connectivity index (χ1) is 16.1. The molecule has 5 rings (SSSR count). The molecule has 12 heteroatoms. The number of hydrogen-bond donors (Lipinski definition) is 1. The van der Waals surface area contributed by atoms with Gasteiger partial charge in [-0.3, -0.25) is 29.6 Å². The number of fused-ring (bicyclic) bond motifs is 3. The number of benzene rings is 1. The lowest BCUT2D eigenvalue weighted by Crippen LogP contribution is -2.48. The second-order valence-corrected chi connectivity index (χ2v) is 8.62. The molecule has 2 aliphatic rings. The summed E-state index contributed by atoms with van der Waals surface area (Å²) < 4.78 is 2.24. The van der Waals surface area contributed by atoms with Gasteiger partial charge >= 0.3 is 0 Å². The number of β-amino-alcohol motifs (C(OH)–C–C–N with tert-alkyl or cyclic N) is 1. The van der Waals surface area contributed by atoms with Crippen LogP contribution < -0.4 is 4.90 Å². The molecular weight excluding hydrogens is 492 g/mol. The van der Waals surface area contributed by atoms with Gasteiger partial charge in [-0.2, -0.15) is 0 Å². The first-order valence-corrected chi connectivity index (χ1v) is 11.3. The highest BCUT2D eigenvalue weighted by atomic mass is 79.9. The Hall–Kier alpha value is -3.22.